The molecule has 0 bridgehead atoms. The van der Waals surface area contributed by atoms with Gasteiger partial charge in [-0.15, -0.1) is 0 Å². The van der Waals surface area contributed by atoms with Gasteiger partial charge in [0.2, 0.25) is 17.7 Å². The maximum Gasteiger partial charge on any atom is 0.364 e. The molecule has 0 saturated carbocycles. The summed E-state index contributed by atoms with van der Waals surface area (Å²) >= 11 is 0. The summed E-state index contributed by atoms with van der Waals surface area (Å²) in [5, 5.41) is 109. The first-order valence-electron chi connectivity index (χ1n) is 22.4. The first kappa shape index (κ1) is 58.0. The number of carboxylic acids is 1. The van der Waals surface area contributed by atoms with Crippen molar-refractivity contribution in [3.05, 3.63) is 0 Å². The molecule has 0 aliphatic carbocycles. The number of fused-ring (bicyclic) bond motifs is 1. The highest BCUT2D eigenvalue weighted by molar-refractivity contribution is 5.76. The Kier molecular flexibility index (Phi) is 22.0. The van der Waals surface area contributed by atoms with Gasteiger partial charge in [0, 0.05) is 53.3 Å². The van der Waals surface area contributed by atoms with Gasteiger partial charge in [-0.05, 0) is 19.9 Å². The molecule has 0 radical (unpaired) electrons. The third kappa shape index (κ3) is 14.8. The smallest absolute Gasteiger partial charge is 0.364 e. The zero-order valence-electron chi connectivity index (χ0n) is 39.0. The second-order valence-electron chi connectivity index (χ2n) is 17.3. The minimum absolute atomic E-state index is 0.0542. The Balaban J connectivity index is 1.66. The van der Waals surface area contributed by atoms with Gasteiger partial charge in [-0.25, -0.2) is 9.59 Å². The molecule has 0 aromatic heterocycles. The molecule has 4 aliphatic heterocycles. The molecule has 20 unspecified atom stereocenters. The van der Waals surface area contributed by atoms with Crippen LogP contribution in [0, 0.1) is 5.92 Å². The highest BCUT2D eigenvalue weighted by atomic mass is 16.8. The van der Waals surface area contributed by atoms with Gasteiger partial charge in [0.15, 0.2) is 25.2 Å². The van der Waals surface area contributed by atoms with Crippen LogP contribution in [-0.4, -0.2) is 244 Å². The lowest BCUT2D eigenvalue weighted by atomic mass is 9.93. The molecule has 4 aliphatic rings. The largest absolute Gasteiger partial charge is 0.477 e. The van der Waals surface area contributed by atoms with Gasteiger partial charge in [0.25, 0.3) is 5.79 Å². The summed E-state index contributed by atoms with van der Waals surface area (Å²) in [5.41, 5.74) is 5.45. The van der Waals surface area contributed by atoms with Crippen LogP contribution >= 0.6 is 0 Å². The molecule has 69 heavy (non-hydrogen) atoms. The molecule has 0 spiro atoms. The number of aliphatic carboxylic acids is 1. The zero-order valence-corrected chi connectivity index (χ0v) is 39.0. The van der Waals surface area contributed by atoms with Crippen molar-refractivity contribution < 1.29 is 113 Å². The van der Waals surface area contributed by atoms with Crippen molar-refractivity contribution in [2.75, 3.05) is 46.1 Å². The van der Waals surface area contributed by atoms with Crippen LogP contribution in [0.1, 0.15) is 48.0 Å². The maximum absolute atomic E-state index is 12.9. The zero-order chi connectivity index (χ0) is 51.5. The van der Waals surface area contributed by atoms with Gasteiger partial charge in [0.1, 0.15) is 79.2 Å². The van der Waals surface area contributed by atoms with E-state index in [1.54, 1.807) is 0 Å². The third-order valence-electron chi connectivity index (χ3n) is 11.8. The fraction of sp³-hybridized carbons (Fsp3) is 0.875. The lowest BCUT2D eigenvalue weighted by molar-refractivity contribution is -0.354. The van der Waals surface area contributed by atoms with Crippen molar-refractivity contribution in [3.63, 3.8) is 0 Å². The predicted octanol–water partition coefficient (Wildman–Crippen LogP) is -7.52. The highest BCUT2D eigenvalue weighted by Crippen LogP contribution is 2.41. The van der Waals surface area contributed by atoms with Crippen LogP contribution in [0.25, 0.3) is 0 Å². The molecule has 5 amide bonds. The number of aliphatic hydroxyl groups excluding tert-OH is 8. The van der Waals surface area contributed by atoms with E-state index in [0.717, 1.165) is 27.7 Å². The van der Waals surface area contributed by atoms with Crippen molar-refractivity contribution in [1.82, 2.24) is 26.6 Å². The Morgan fingerprint density at radius 2 is 1.30 bits per heavy atom. The number of hydrogen-bond acceptors (Lipinski definition) is 23. The Morgan fingerprint density at radius 1 is 0.739 bits per heavy atom. The quantitative estimate of drug-likeness (QED) is 0.0315. The van der Waals surface area contributed by atoms with Crippen LogP contribution in [0.4, 0.5) is 4.79 Å². The number of carbonyl (C=O) groups excluding carboxylic acids is 4. The van der Waals surface area contributed by atoms with Crippen molar-refractivity contribution in [2.45, 2.75) is 170 Å². The average Bonchev–Trinajstić information content (AvgIpc) is 3.67. The molecule has 398 valence electrons. The number of aliphatic hydroxyl groups is 8. The number of rotatable bonds is 24. The maximum atomic E-state index is 12.9. The van der Waals surface area contributed by atoms with E-state index in [9.17, 15) is 69.9 Å². The fourth-order valence-corrected chi connectivity index (χ4v) is 8.12. The number of carboxylic acid groups (broad SMARTS) is 1. The predicted molar refractivity (Wildman–Crippen MR) is 226 cm³/mol. The number of ether oxygens (including phenoxy) is 9. The van der Waals surface area contributed by atoms with Gasteiger partial charge in [-0.1, -0.05) is 6.92 Å². The van der Waals surface area contributed by atoms with E-state index >= 15 is 0 Å². The van der Waals surface area contributed by atoms with Gasteiger partial charge in [0.05, 0.1) is 32.0 Å². The third-order valence-corrected chi connectivity index (χ3v) is 11.8. The Morgan fingerprint density at radius 3 is 1.87 bits per heavy atom. The summed E-state index contributed by atoms with van der Waals surface area (Å²) < 4.78 is 54.0. The van der Waals surface area contributed by atoms with Crippen molar-refractivity contribution >= 4 is 29.7 Å². The van der Waals surface area contributed by atoms with E-state index < -0.39 is 178 Å². The van der Waals surface area contributed by atoms with Crippen LogP contribution in [0.2, 0.25) is 0 Å². The molecule has 4 fully saturated rings. The molecule has 21 atom stereocenters. The average molecular weight is 1000 g/mol. The number of hydrogen-bond donors (Lipinski definition) is 15. The van der Waals surface area contributed by atoms with Crippen molar-refractivity contribution in [2.24, 2.45) is 11.7 Å². The summed E-state index contributed by atoms with van der Waals surface area (Å²) in [6.07, 6.45) is -26.1. The first-order chi connectivity index (χ1) is 32.5. The summed E-state index contributed by atoms with van der Waals surface area (Å²) in [5.74, 6) is -7.19. The molecular formula is C40H70N6O23. The van der Waals surface area contributed by atoms with Gasteiger partial charge < -0.3 is 121 Å². The first-order valence-corrected chi connectivity index (χ1v) is 22.4. The van der Waals surface area contributed by atoms with Crippen LogP contribution in [0.5, 0.6) is 0 Å². The van der Waals surface area contributed by atoms with E-state index in [4.69, 9.17) is 48.4 Å². The number of urea groups is 1. The highest BCUT2D eigenvalue weighted by Gasteiger charge is 2.62. The molecule has 29 nitrogen and oxygen atoms in total. The number of carbonyl (C=O) groups is 5. The number of nitrogens with one attached hydrogen (secondary N) is 5. The van der Waals surface area contributed by atoms with Crippen molar-refractivity contribution in [1.29, 1.82) is 0 Å². The van der Waals surface area contributed by atoms with E-state index in [1.807, 2.05) is 0 Å². The van der Waals surface area contributed by atoms with Crippen LogP contribution in [0.3, 0.4) is 0 Å². The molecule has 16 N–H and O–H groups in total. The molecule has 4 heterocycles. The lowest BCUT2D eigenvalue weighted by Crippen LogP contribution is -2.71. The Bertz CT molecular complexity index is 1690. The molecule has 0 aromatic rings. The van der Waals surface area contributed by atoms with Crippen LogP contribution < -0.4 is 32.3 Å². The molecule has 4 saturated heterocycles. The molecule has 0 aromatic carbocycles. The minimum atomic E-state index is -2.34. The Labute approximate surface area is 396 Å². The molecule has 29 heteroatoms. The van der Waals surface area contributed by atoms with E-state index in [2.05, 4.69) is 26.6 Å². The summed E-state index contributed by atoms with van der Waals surface area (Å²) in [6, 6.07) is -5.57. The Hall–Kier alpha value is -3.57. The van der Waals surface area contributed by atoms with Gasteiger partial charge in [-0.2, -0.15) is 0 Å². The summed E-state index contributed by atoms with van der Waals surface area (Å²) in [7, 11) is 0. The molecule has 4 rings (SSSR count). The second kappa shape index (κ2) is 26.2. The SMILES string of the molecule is CC(=O)NC(C(O)OC1C(O)C(C)OC(OC2C(O)C(CO)OC(OC3C(CO)OC(OCCNC(=O)NCCCN)C4O[C@@](C)(C(=O)O)OC34)C2NC(C)=O)C1NC(C)=O)C(O)C(O)C(C)CO. The number of amides is 5. The fourth-order valence-electron chi connectivity index (χ4n) is 8.12. The van der Waals surface area contributed by atoms with E-state index in [0.29, 0.717) is 19.5 Å². The van der Waals surface area contributed by atoms with Gasteiger partial charge in [-0.3, -0.25) is 14.4 Å². The monoisotopic (exact) mass is 1000 g/mol. The molecular weight excluding hydrogens is 932 g/mol. The minimum Gasteiger partial charge on any atom is -0.477 e. The lowest BCUT2D eigenvalue weighted by Gasteiger charge is -2.50. The second-order valence-corrected chi connectivity index (χ2v) is 17.3. The normalized spacial score (nSPS) is 36.7. The topological polar surface area (TPSA) is 437 Å². The number of nitrogens with two attached hydrogens (primary N) is 1. The van der Waals surface area contributed by atoms with E-state index in [-0.39, 0.29) is 13.2 Å². The summed E-state index contributed by atoms with van der Waals surface area (Å²) in [4.78, 5) is 62.3. The summed E-state index contributed by atoms with van der Waals surface area (Å²) in [6.45, 7) is 5.09. The standard InChI is InChI=1S/C40H70N6O23/c1-15(12-47)25(53)28(56)22(44-17(3)50)34(57)65-30-23(45-18(4)51)35(62-16(2)26(30)54)67-31-24(46-19(5)52)36(63-20(13-48)27(31)55)66-29-21(14-49)64-37(33-32(29)68-40(6,69-33)38(58)59)61-11-10-43-39(60)42-9-7-8-41/h15-16,20-37,47-49,53-57H,7-14,41H2,1-6H3,(H,44,50)(H,45,51)(H,46,52)(H,58,59)(H2,42,43,60)/t15?,16?,20?,21?,22?,23?,24?,25?,26?,27?,28?,29?,30?,31?,32?,33?,34?,35?,36?,37?,40-/m0/s1. The van der Waals surface area contributed by atoms with Crippen LogP contribution in [-0.2, 0) is 61.8 Å². The van der Waals surface area contributed by atoms with Gasteiger partial charge >= 0.3 is 12.0 Å². The van der Waals surface area contributed by atoms with Crippen molar-refractivity contribution in [3.8, 4) is 0 Å². The van der Waals surface area contributed by atoms with E-state index in [1.165, 1.54) is 13.8 Å². The van der Waals surface area contributed by atoms with Crippen LogP contribution in [0.15, 0.2) is 0 Å².